The molecule has 1 rings (SSSR count). The molecule has 15 heavy (non-hydrogen) atoms. The molecule has 0 aromatic heterocycles. The van der Waals surface area contributed by atoms with Gasteiger partial charge in [0.05, 0.1) is 12.9 Å². The molecule has 0 saturated carbocycles. The maximum Gasteiger partial charge on any atom is 0.251 e. The Morgan fingerprint density at radius 3 is 2.73 bits per heavy atom. The number of halogens is 1. The summed E-state index contributed by atoms with van der Waals surface area (Å²) < 4.78 is 6.05. The molecule has 1 N–H and O–H groups in total. The van der Waals surface area contributed by atoms with Crippen LogP contribution < -0.4 is 5.32 Å². The number of hydrogen-bond donors (Lipinski definition) is 1. The van der Waals surface area contributed by atoms with Crippen molar-refractivity contribution < 1.29 is 9.53 Å². The van der Waals surface area contributed by atoms with Gasteiger partial charge in [-0.25, -0.2) is 0 Å². The maximum atomic E-state index is 11.3. The molecule has 1 aromatic rings. The Morgan fingerprint density at radius 1 is 1.47 bits per heavy atom. The van der Waals surface area contributed by atoms with Crippen molar-refractivity contribution in [1.29, 1.82) is 0 Å². The van der Waals surface area contributed by atoms with E-state index in [0.717, 1.165) is 9.26 Å². The Bertz CT molecular complexity index is 346. The standard InChI is InChI=1S/C11H12INO2/c1-2-15-8-7-11(14)13-10-5-3-9(12)4-6-10/h3-8H,2H2,1H3,(H,13,14). The van der Waals surface area contributed by atoms with Crippen molar-refractivity contribution >= 4 is 34.2 Å². The molecule has 80 valence electrons. The molecule has 0 spiro atoms. The van der Waals surface area contributed by atoms with E-state index in [2.05, 4.69) is 27.9 Å². The van der Waals surface area contributed by atoms with Gasteiger partial charge in [-0.1, -0.05) is 0 Å². The summed E-state index contributed by atoms with van der Waals surface area (Å²) >= 11 is 2.21. The van der Waals surface area contributed by atoms with Gasteiger partial charge in [0.15, 0.2) is 0 Å². The van der Waals surface area contributed by atoms with E-state index < -0.39 is 0 Å². The van der Waals surface area contributed by atoms with Crippen LogP contribution in [0, 0.1) is 3.57 Å². The molecule has 1 amide bonds. The summed E-state index contributed by atoms with van der Waals surface area (Å²) in [6, 6.07) is 7.58. The van der Waals surface area contributed by atoms with Crippen LogP contribution in [-0.4, -0.2) is 12.5 Å². The number of amides is 1. The fourth-order valence-electron chi connectivity index (χ4n) is 0.923. The molecule has 0 atom stereocenters. The largest absolute Gasteiger partial charge is 0.501 e. The topological polar surface area (TPSA) is 38.3 Å². The first-order valence-electron chi connectivity index (χ1n) is 4.57. The average molecular weight is 317 g/mol. The van der Waals surface area contributed by atoms with Crippen LogP contribution in [0.5, 0.6) is 0 Å². The minimum absolute atomic E-state index is 0.190. The summed E-state index contributed by atoms with van der Waals surface area (Å²) in [7, 11) is 0. The minimum Gasteiger partial charge on any atom is -0.501 e. The van der Waals surface area contributed by atoms with Crippen molar-refractivity contribution in [2.24, 2.45) is 0 Å². The van der Waals surface area contributed by atoms with Crippen molar-refractivity contribution in [1.82, 2.24) is 0 Å². The summed E-state index contributed by atoms with van der Waals surface area (Å²) in [4.78, 5) is 11.3. The zero-order valence-electron chi connectivity index (χ0n) is 8.37. The van der Waals surface area contributed by atoms with Crippen LogP contribution >= 0.6 is 22.6 Å². The van der Waals surface area contributed by atoms with E-state index in [0.29, 0.717) is 6.61 Å². The van der Waals surface area contributed by atoms with Crippen LogP contribution in [0.3, 0.4) is 0 Å². The predicted molar refractivity (Wildman–Crippen MR) is 68.6 cm³/mol. The molecule has 0 radical (unpaired) electrons. The lowest BCUT2D eigenvalue weighted by Gasteiger charge is -2.01. The second-order valence-corrected chi connectivity index (χ2v) is 4.00. The summed E-state index contributed by atoms with van der Waals surface area (Å²) in [5.74, 6) is -0.190. The fourth-order valence-corrected chi connectivity index (χ4v) is 1.28. The van der Waals surface area contributed by atoms with Crippen molar-refractivity contribution in [2.75, 3.05) is 11.9 Å². The summed E-state index contributed by atoms with van der Waals surface area (Å²) in [5, 5.41) is 2.72. The Labute approximate surface area is 103 Å². The third-order valence-corrected chi connectivity index (χ3v) is 2.31. The third-order valence-electron chi connectivity index (χ3n) is 1.59. The molecule has 0 aliphatic carbocycles. The highest BCUT2D eigenvalue weighted by Gasteiger charge is 1.96. The van der Waals surface area contributed by atoms with Crippen LogP contribution in [0.1, 0.15) is 6.92 Å². The van der Waals surface area contributed by atoms with E-state index in [-0.39, 0.29) is 5.91 Å². The number of nitrogens with one attached hydrogen (secondary N) is 1. The molecule has 0 bridgehead atoms. The van der Waals surface area contributed by atoms with Crippen molar-refractivity contribution in [2.45, 2.75) is 6.92 Å². The summed E-state index contributed by atoms with van der Waals surface area (Å²) in [5.41, 5.74) is 0.779. The van der Waals surface area contributed by atoms with Gasteiger partial charge in [0, 0.05) is 15.3 Å². The van der Waals surface area contributed by atoms with Gasteiger partial charge in [0.2, 0.25) is 0 Å². The Kier molecular flexibility index (Phi) is 5.17. The number of carbonyl (C=O) groups excluding carboxylic acids is 1. The smallest absolute Gasteiger partial charge is 0.251 e. The van der Waals surface area contributed by atoms with Gasteiger partial charge in [-0.2, -0.15) is 0 Å². The normalized spacial score (nSPS) is 10.3. The van der Waals surface area contributed by atoms with Gasteiger partial charge in [-0.15, -0.1) is 0 Å². The lowest BCUT2D eigenvalue weighted by atomic mass is 10.3. The van der Waals surface area contributed by atoms with E-state index in [1.807, 2.05) is 31.2 Å². The molecule has 0 unspecified atom stereocenters. The van der Waals surface area contributed by atoms with Gasteiger partial charge in [0.25, 0.3) is 5.91 Å². The monoisotopic (exact) mass is 317 g/mol. The Hall–Kier alpha value is -1.04. The predicted octanol–water partition coefficient (Wildman–Crippen LogP) is 2.78. The number of rotatable bonds is 4. The van der Waals surface area contributed by atoms with Crippen LogP contribution in [0.2, 0.25) is 0 Å². The zero-order valence-corrected chi connectivity index (χ0v) is 10.5. The summed E-state index contributed by atoms with van der Waals surface area (Å²) in [6.45, 7) is 2.43. The zero-order chi connectivity index (χ0) is 11.1. The van der Waals surface area contributed by atoms with E-state index in [4.69, 9.17) is 4.74 Å². The van der Waals surface area contributed by atoms with Crippen molar-refractivity contribution in [3.63, 3.8) is 0 Å². The van der Waals surface area contributed by atoms with E-state index in [9.17, 15) is 4.79 Å². The number of hydrogen-bond acceptors (Lipinski definition) is 2. The molecule has 0 aliphatic heterocycles. The van der Waals surface area contributed by atoms with Crippen molar-refractivity contribution in [3.8, 4) is 0 Å². The highest BCUT2D eigenvalue weighted by Crippen LogP contribution is 2.10. The lowest BCUT2D eigenvalue weighted by molar-refractivity contribution is -0.112. The maximum absolute atomic E-state index is 11.3. The van der Waals surface area contributed by atoms with E-state index >= 15 is 0 Å². The van der Waals surface area contributed by atoms with Gasteiger partial charge >= 0.3 is 0 Å². The van der Waals surface area contributed by atoms with Gasteiger partial charge in [-0.05, 0) is 53.8 Å². The van der Waals surface area contributed by atoms with Crippen LogP contribution in [-0.2, 0) is 9.53 Å². The van der Waals surface area contributed by atoms with Crippen LogP contribution in [0.4, 0.5) is 5.69 Å². The number of benzene rings is 1. The summed E-state index contributed by atoms with van der Waals surface area (Å²) in [6.07, 6.45) is 2.75. The molecule has 1 aromatic carbocycles. The number of carbonyl (C=O) groups is 1. The van der Waals surface area contributed by atoms with Gasteiger partial charge in [-0.3, -0.25) is 4.79 Å². The Balaban J connectivity index is 2.48. The third kappa shape index (κ3) is 4.83. The molecule has 4 heteroatoms. The average Bonchev–Trinajstić information content (AvgIpc) is 2.22. The van der Waals surface area contributed by atoms with Crippen LogP contribution in [0.15, 0.2) is 36.6 Å². The molecular formula is C11H12INO2. The highest BCUT2D eigenvalue weighted by molar-refractivity contribution is 14.1. The molecule has 3 nitrogen and oxygen atoms in total. The lowest BCUT2D eigenvalue weighted by Crippen LogP contribution is -2.07. The minimum atomic E-state index is -0.190. The number of ether oxygens (including phenoxy) is 1. The highest BCUT2D eigenvalue weighted by atomic mass is 127. The van der Waals surface area contributed by atoms with E-state index in [1.165, 1.54) is 12.3 Å². The molecule has 0 heterocycles. The van der Waals surface area contributed by atoms with Crippen molar-refractivity contribution in [3.05, 3.63) is 40.2 Å². The second-order valence-electron chi connectivity index (χ2n) is 2.75. The van der Waals surface area contributed by atoms with Gasteiger partial charge in [0.1, 0.15) is 0 Å². The quantitative estimate of drug-likeness (QED) is 0.527. The first-order chi connectivity index (χ1) is 7.22. The number of anilines is 1. The van der Waals surface area contributed by atoms with Gasteiger partial charge < -0.3 is 10.1 Å². The molecule has 0 fully saturated rings. The fraction of sp³-hybridized carbons (Fsp3) is 0.182. The molecule has 0 saturated heterocycles. The second kappa shape index (κ2) is 6.44. The first-order valence-corrected chi connectivity index (χ1v) is 5.65. The molecular weight excluding hydrogens is 305 g/mol. The van der Waals surface area contributed by atoms with Crippen LogP contribution in [0.25, 0.3) is 0 Å². The Morgan fingerprint density at radius 2 is 2.13 bits per heavy atom. The first kappa shape index (κ1) is 12.0. The van der Waals surface area contributed by atoms with E-state index in [1.54, 1.807) is 0 Å². The molecule has 0 aliphatic rings. The SMILES string of the molecule is CCOC=CC(=O)Nc1ccc(I)cc1.